The van der Waals surface area contributed by atoms with E-state index in [1.807, 2.05) is 17.9 Å². The van der Waals surface area contributed by atoms with Gasteiger partial charge < -0.3 is 19.8 Å². The highest BCUT2D eigenvalue weighted by Gasteiger charge is 2.28. The fourth-order valence-electron chi connectivity index (χ4n) is 5.79. The van der Waals surface area contributed by atoms with Gasteiger partial charge in [-0.25, -0.2) is 4.98 Å². The molecule has 0 spiro atoms. The second-order valence-corrected chi connectivity index (χ2v) is 10.4. The first-order valence-electron chi connectivity index (χ1n) is 12.5. The third-order valence-electron chi connectivity index (χ3n) is 7.80. The lowest BCUT2D eigenvalue weighted by Gasteiger charge is -2.29. The van der Waals surface area contributed by atoms with E-state index in [9.17, 15) is 4.79 Å². The Morgan fingerprint density at radius 3 is 2.76 bits per heavy atom. The van der Waals surface area contributed by atoms with Crippen LogP contribution in [-0.4, -0.2) is 44.1 Å². The van der Waals surface area contributed by atoms with Gasteiger partial charge in [0.05, 0.1) is 22.2 Å². The van der Waals surface area contributed by atoms with Gasteiger partial charge in [0.1, 0.15) is 0 Å². The van der Waals surface area contributed by atoms with Crippen molar-refractivity contribution < 1.29 is 4.79 Å². The smallest absolute Gasteiger partial charge is 0.254 e. The molecule has 1 aliphatic heterocycles. The molecule has 0 radical (unpaired) electrons. The second kappa shape index (κ2) is 7.98. The summed E-state index contributed by atoms with van der Waals surface area (Å²) in [5.74, 6) is 1.78. The molecule has 4 aromatic rings. The number of hydrogen-bond acceptors (Lipinski definition) is 3. The first-order valence-corrected chi connectivity index (χ1v) is 12.5. The zero-order chi connectivity index (χ0) is 23.6. The number of fused-ring (bicyclic) bond motifs is 3. The van der Waals surface area contributed by atoms with Crippen LogP contribution in [0, 0.1) is 12.8 Å². The Morgan fingerprint density at radius 1 is 1.21 bits per heavy atom. The molecule has 1 saturated carbocycles. The lowest BCUT2D eigenvalue weighted by molar-refractivity contribution is 0.0732. The molecule has 6 heteroatoms. The van der Waals surface area contributed by atoms with Crippen LogP contribution in [0.3, 0.4) is 0 Å². The van der Waals surface area contributed by atoms with Crippen LogP contribution >= 0.6 is 0 Å². The summed E-state index contributed by atoms with van der Waals surface area (Å²) in [7, 11) is 2.10. The van der Waals surface area contributed by atoms with E-state index in [1.165, 1.54) is 35.7 Å². The number of nitrogens with two attached hydrogens (primary N) is 1. The fraction of sp³-hybridized carbons (Fsp3) is 0.429. The molecule has 0 bridgehead atoms. The summed E-state index contributed by atoms with van der Waals surface area (Å²) in [6, 6.07) is 13.0. The van der Waals surface area contributed by atoms with Gasteiger partial charge in [-0.15, -0.1) is 0 Å². The van der Waals surface area contributed by atoms with Crippen LogP contribution < -0.4 is 5.73 Å². The van der Waals surface area contributed by atoms with E-state index in [4.69, 9.17) is 10.7 Å². The van der Waals surface area contributed by atoms with E-state index in [0.29, 0.717) is 6.54 Å². The quantitative estimate of drug-likeness (QED) is 0.476. The van der Waals surface area contributed by atoms with Crippen molar-refractivity contribution in [3.63, 3.8) is 0 Å². The van der Waals surface area contributed by atoms with Crippen molar-refractivity contribution in [1.82, 2.24) is 19.0 Å². The summed E-state index contributed by atoms with van der Waals surface area (Å²) >= 11 is 0. The highest BCUT2D eigenvalue weighted by molar-refractivity contribution is 6.00. The topological polar surface area (TPSA) is 69.1 Å². The molecule has 2 aromatic carbocycles. The third-order valence-corrected chi connectivity index (χ3v) is 7.80. The van der Waals surface area contributed by atoms with Gasteiger partial charge in [-0.05, 0) is 68.4 Å². The Balaban J connectivity index is 1.49. The Kier molecular flexibility index (Phi) is 5.03. The van der Waals surface area contributed by atoms with Crippen LogP contribution in [0.1, 0.15) is 47.7 Å². The summed E-state index contributed by atoms with van der Waals surface area (Å²) in [5.41, 5.74) is 13.6. The Labute approximate surface area is 200 Å². The van der Waals surface area contributed by atoms with Crippen molar-refractivity contribution >= 4 is 27.8 Å². The summed E-state index contributed by atoms with van der Waals surface area (Å²) in [6.45, 7) is 6.49. The van der Waals surface area contributed by atoms with Gasteiger partial charge in [0.15, 0.2) is 5.82 Å². The molecule has 2 N–H and O–H groups in total. The second-order valence-electron chi connectivity index (χ2n) is 10.4. The summed E-state index contributed by atoms with van der Waals surface area (Å²) in [4.78, 5) is 20.1. The monoisotopic (exact) mass is 455 g/mol. The van der Waals surface area contributed by atoms with Gasteiger partial charge in [-0.3, -0.25) is 4.79 Å². The van der Waals surface area contributed by atoms with E-state index >= 15 is 0 Å². The molecular weight excluding hydrogens is 422 g/mol. The predicted octanol–water partition coefficient (Wildman–Crippen LogP) is 4.65. The molecule has 176 valence electrons. The molecule has 2 aromatic heterocycles. The highest BCUT2D eigenvalue weighted by Crippen LogP contribution is 2.36. The molecule has 0 saturated heterocycles. The molecular formula is C28H33N5O. The van der Waals surface area contributed by atoms with E-state index in [1.54, 1.807) is 0 Å². The van der Waals surface area contributed by atoms with Crippen molar-refractivity contribution in [3.05, 3.63) is 53.1 Å². The minimum absolute atomic E-state index is 0.0308. The van der Waals surface area contributed by atoms with E-state index in [-0.39, 0.29) is 11.9 Å². The fourth-order valence-corrected chi connectivity index (χ4v) is 5.79. The van der Waals surface area contributed by atoms with Crippen molar-refractivity contribution in [2.24, 2.45) is 18.7 Å². The molecule has 3 heterocycles. The Morgan fingerprint density at radius 2 is 2.03 bits per heavy atom. The number of para-hydroxylation sites is 1. The molecule has 1 atom stereocenters. The summed E-state index contributed by atoms with van der Waals surface area (Å²) in [5, 5.41) is 1.27. The molecule has 6 rings (SSSR count). The molecule has 1 fully saturated rings. The number of aryl methyl sites for hydroxylation is 2. The van der Waals surface area contributed by atoms with Gasteiger partial charge in [-0.1, -0.05) is 24.6 Å². The maximum absolute atomic E-state index is 13.2. The summed E-state index contributed by atoms with van der Waals surface area (Å²) in [6.07, 6.45) is 4.80. The van der Waals surface area contributed by atoms with Gasteiger partial charge in [-0.2, -0.15) is 0 Å². The van der Waals surface area contributed by atoms with E-state index < -0.39 is 0 Å². The first kappa shape index (κ1) is 21.4. The van der Waals surface area contributed by atoms with E-state index in [2.05, 4.69) is 53.4 Å². The normalized spacial score (nSPS) is 17.4. The predicted molar refractivity (Wildman–Crippen MR) is 137 cm³/mol. The number of nitrogens with zero attached hydrogens (tertiary/aromatic N) is 4. The minimum atomic E-state index is -0.0308. The largest absolute Gasteiger partial charge is 0.337 e. The van der Waals surface area contributed by atoms with Gasteiger partial charge in [0.2, 0.25) is 0 Å². The van der Waals surface area contributed by atoms with Crippen molar-refractivity contribution in [2.45, 2.75) is 52.1 Å². The highest BCUT2D eigenvalue weighted by atomic mass is 16.2. The number of rotatable bonds is 5. The van der Waals surface area contributed by atoms with Crippen molar-refractivity contribution in [1.29, 1.82) is 0 Å². The molecule has 34 heavy (non-hydrogen) atoms. The number of imidazole rings is 1. The standard InChI is InChI=1S/C28H33N5O/c1-17-6-4-9-21-13-25(33(26(17)21)16-19-7-5-8-19)27-30-23-14-22-20(12-24(23)31(27)3)10-11-32(28(22)34)15-18(2)29/h4,6,9,12-14,18-19H,5,7-8,10-11,15-16,29H2,1-3H3/t18-/m1/s1. The average Bonchev–Trinajstić information content (AvgIpc) is 3.30. The van der Waals surface area contributed by atoms with Crippen LogP contribution in [0.15, 0.2) is 36.4 Å². The molecule has 0 unspecified atom stereocenters. The van der Waals surface area contributed by atoms with Gasteiger partial charge in [0, 0.05) is 43.7 Å². The molecule has 1 amide bonds. The molecule has 2 aliphatic rings. The first-order chi connectivity index (χ1) is 16.4. The van der Waals surface area contributed by atoms with Crippen molar-refractivity contribution in [2.75, 3.05) is 13.1 Å². The Bertz CT molecular complexity index is 1420. The zero-order valence-corrected chi connectivity index (χ0v) is 20.3. The number of amides is 1. The van der Waals surface area contributed by atoms with Crippen LogP contribution in [0.5, 0.6) is 0 Å². The van der Waals surface area contributed by atoms with Crippen LogP contribution in [-0.2, 0) is 20.0 Å². The number of aromatic nitrogens is 3. The van der Waals surface area contributed by atoms with Gasteiger partial charge in [0.25, 0.3) is 5.91 Å². The lowest BCUT2D eigenvalue weighted by Crippen LogP contribution is -2.43. The summed E-state index contributed by atoms with van der Waals surface area (Å²) < 4.78 is 4.69. The van der Waals surface area contributed by atoms with Crippen LogP contribution in [0.2, 0.25) is 0 Å². The average molecular weight is 456 g/mol. The number of carbonyl (C=O) groups excluding carboxylic acids is 1. The number of hydrogen-bond donors (Lipinski definition) is 1. The maximum atomic E-state index is 13.2. The van der Waals surface area contributed by atoms with Crippen LogP contribution in [0.25, 0.3) is 33.5 Å². The van der Waals surface area contributed by atoms with Crippen LogP contribution in [0.4, 0.5) is 0 Å². The molecule has 6 nitrogen and oxygen atoms in total. The number of carbonyl (C=O) groups is 1. The maximum Gasteiger partial charge on any atom is 0.254 e. The zero-order valence-electron chi connectivity index (χ0n) is 20.3. The lowest BCUT2D eigenvalue weighted by atomic mass is 9.85. The van der Waals surface area contributed by atoms with E-state index in [0.717, 1.165) is 59.1 Å². The number of benzene rings is 2. The molecule has 1 aliphatic carbocycles. The third kappa shape index (κ3) is 3.35. The van der Waals surface area contributed by atoms with Crippen molar-refractivity contribution in [3.8, 4) is 11.5 Å². The Hall–Kier alpha value is -3.12. The minimum Gasteiger partial charge on any atom is -0.337 e. The van der Waals surface area contributed by atoms with Gasteiger partial charge >= 0.3 is 0 Å². The SMILES string of the molecule is Cc1cccc2cc(-c3nc4cc5c(cc4n3C)CCN(C[C@@H](C)N)C5=O)n(CC3CCC3)c12.